The van der Waals surface area contributed by atoms with Gasteiger partial charge in [-0.25, -0.2) is 9.89 Å². The molecular formula is C13H22N4O3S. The molecule has 1 saturated carbocycles. The number of esters is 1. The fourth-order valence-electron chi connectivity index (χ4n) is 2.57. The quantitative estimate of drug-likeness (QED) is 0.788. The highest BCUT2D eigenvalue weighted by Gasteiger charge is 2.44. The second-order valence-electron chi connectivity index (χ2n) is 5.63. The third-order valence-electron chi connectivity index (χ3n) is 3.65. The van der Waals surface area contributed by atoms with Crippen LogP contribution in [0.3, 0.4) is 0 Å². The molecule has 7 nitrogen and oxygen atoms in total. The van der Waals surface area contributed by atoms with Gasteiger partial charge in [0.25, 0.3) is 0 Å². The molecule has 1 aliphatic carbocycles. The molecule has 118 valence electrons. The Bertz CT molecular complexity index is 568. The van der Waals surface area contributed by atoms with Gasteiger partial charge in [0.1, 0.15) is 5.54 Å². The summed E-state index contributed by atoms with van der Waals surface area (Å²) in [7, 11) is 0. The van der Waals surface area contributed by atoms with E-state index in [0.717, 1.165) is 6.42 Å². The zero-order valence-electron chi connectivity index (χ0n) is 12.6. The van der Waals surface area contributed by atoms with Gasteiger partial charge in [-0.15, -0.1) is 5.10 Å². The van der Waals surface area contributed by atoms with E-state index in [9.17, 15) is 9.59 Å². The summed E-state index contributed by atoms with van der Waals surface area (Å²) in [6.07, 6.45) is 1.94. The number of nitrogens with zero attached hydrogens (tertiary/aromatic N) is 2. The Kier molecular flexibility index (Phi) is 4.77. The van der Waals surface area contributed by atoms with Crippen molar-refractivity contribution < 1.29 is 9.53 Å². The first-order valence-electron chi connectivity index (χ1n) is 7.17. The molecule has 8 heteroatoms. The Morgan fingerprint density at radius 2 is 2.38 bits per heavy atom. The number of aromatic nitrogens is 3. The number of hydrogen-bond donors (Lipinski definition) is 2. The molecule has 0 amide bonds. The predicted octanol–water partition coefficient (Wildman–Crippen LogP) is 1.06. The molecule has 21 heavy (non-hydrogen) atoms. The Morgan fingerprint density at radius 1 is 1.67 bits per heavy atom. The third kappa shape index (κ3) is 3.32. The van der Waals surface area contributed by atoms with Crippen LogP contribution in [-0.4, -0.2) is 38.1 Å². The summed E-state index contributed by atoms with van der Waals surface area (Å²) in [5.41, 5.74) is 5.03. The number of ether oxygens (including phenoxy) is 1. The normalized spacial score (nSPS) is 25.5. The van der Waals surface area contributed by atoms with Crippen LogP contribution in [0.4, 0.5) is 0 Å². The molecule has 2 unspecified atom stereocenters. The molecule has 1 aliphatic rings. The van der Waals surface area contributed by atoms with Crippen molar-refractivity contribution in [2.75, 3.05) is 6.61 Å². The van der Waals surface area contributed by atoms with Crippen LogP contribution in [-0.2, 0) is 9.53 Å². The first-order valence-corrected chi connectivity index (χ1v) is 8.05. The maximum absolute atomic E-state index is 11.9. The van der Waals surface area contributed by atoms with Gasteiger partial charge in [0.15, 0.2) is 5.16 Å². The number of aromatic amines is 1. The van der Waals surface area contributed by atoms with E-state index in [-0.39, 0.29) is 23.0 Å². The number of carbonyl (C=O) groups excluding carboxylic acids is 1. The molecule has 0 saturated heterocycles. The van der Waals surface area contributed by atoms with Crippen LogP contribution in [0.25, 0.3) is 0 Å². The lowest BCUT2D eigenvalue weighted by Gasteiger charge is -2.21. The fraction of sp³-hybridized carbons (Fsp3) is 0.769. The average molecular weight is 314 g/mol. The summed E-state index contributed by atoms with van der Waals surface area (Å²) in [6, 6.07) is 0.0350. The number of carbonyl (C=O) groups is 1. The van der Waals surface area contributed by atoms with Crippen molar-refractivity contribution in [1.29, 1.82) is 0 Å². The van der Waals surface area contributed by atoms with Crippen molar-refractivity contribution in [2.45, 2.75) is 62.0 Å². The highest BCUT2D eigenvalue weighted by Crippen LogP contribution is 2.39. The predicted molar refractivity (Wildman–Crippen MR) is 80.3 cm³/mol. The van der Waals surface area contributed by atoms with Gasteiger partial charge < -0.3 is 10.5 Å². The SMILES string of the molecule is CCOC(=O)C1(N)CCC(Sc2n[nH]c(=O)n2C(C)C)C1. The summed E-state index contributed by atoms with van der Waals surface area (Å²) < 4.78 is 6.66. The third-order valence-corrected chi connectivity index (χ3v) is 4.88. The maximum Gasteiger partial charge on any atom is 0.344 e. The number of rotatable bonds is 5. The van der Waals surface area contributed by atoms with E-state index in [4.69, 9.17) is 10.5 Å². The van der Waals surface area contributed by atoms with Crippen LogP contribution in [0.15, 0.2) is 9.95 Å². The van der Waals surface area contributed by atoms with Gasteiger partial charge in [-0.2, -0.15) is 0 Å². The molecule has 0 aliphatic heterocycles. The molecule has 3 N–H and O–H groups in total. The topological polar surface area (TPSA) is 103 Å². The number of nitrogens with one attached hydrogen (secondary N) is 1. The summed E-state index contributed by atoms with van der Waals surface area (Å²) >= 11 is 1.50. The van der Waals surface area contributed by atoms with E-state index in [2.05, 4.69) is 10.2 Å². The van der Waals surface area contributed by atoms with Crippen molar-refractivity contribution in [3.8, 4) is 0 Å². The lowest BCUT2D eigenvalue weighted by atomic mass is 10.00. The van der Waals surface area contributed by atoms with Gasteiger partial charge in [-0.05, 0) is 40.0 Å². The van der Waals surface area contributed by atoms with E-state index >= 15 is 0 Å². The molecule has 1 heterocycles. The van der Waals surface area contributed by atoms with Gasteiger partial charge >= 0.3 is 11.7 Å². The highest BCUT2D eigenvalue weighted by atomic mass is 32.2. The van der Waals surface area contributed by atoms with Gasteiger partial charge in [-0.3, -0.25) is 9.36 Å². The zero-order valence-corrected chi connectivity index (χ0v) is 13.4. The van der Waals surface area contributed by atoms with Crippen LogP contribution >= 0.6 is 11.8 Å². The lowest BCUT2D eigenvalue weighted by Crippen LogP contribution is -2.47. The highest BCUT2D eigenvalue weighted by molar-refractivity contribution is 7.99. The largest absolute Gasteiger partial charge is 0.465 e. The lowest BCUT2D eigenvalue weighted by molar-refractivity contribution is -0.149. The van der Waals surface area contributed by atoms with E-state index in [1.165, 1.54) is 11.8 Å². The van der Waals surface area contributed by atoms with Gasteiger partial charge in [0, 0.05) is 11.3 Å². The molecule has 0 spiro atoms. The average Bonchev–Trinajstić information content (AvgIpc) is 2.95. The summed E-state index contributed by atoms with van der Waals surface area (Å²) in [5, 5.41) is 7.34. The second-order valence-corrected chi connectivity index (χ2v) is 6.90. The van der Waals surface area contributed by atoms with Crippen molar-refractivity contribution in [3.05, 3.63) is 10.5 Å². The smallest absolute Gasteiger partial charge is 0.344 e. The Labute approximate surface area is 127 Å². The Morgan fingerprint density at radius 3 is 3.00 bits per heavy atom. The first kappa shape index (κ1) is 16.1. The second kappa shape index (κ2) is 6.23. The van der Waals surface area contributed by atoms with Crippen LogP contribution in [0.5, 0.6) is 0 Å². The minimum absolute atomic E-state index is 0.0350. The van der Waals surface area contributed by atoms with E-state index < -0.39 is 5.54 Å². The van der Waals surface area contributed by atoms with Crippen molar-refractivity contribution in [2.24, 2.45) is 5.73 Å². The van der Waals surface area contributed by atoms with Gasteiger partial charge in [-0.1, -0.05) is 11.8 Å². The minimum atomic E-state index is -0.910. The minimum Gasteiger partial charge on any atom is -0.465 e. The van der Waals surface area contributed by atoms with Crippen LogP contribution in [0.2, 0.25) is 0 Å². The van der Waals surface area contributed by atoms with Gasteiger partial charge in [0.2, 0.25) is 0 Å². The van der Waals surface area contributed by atoms with Gasteiger partial charge in [0.05, 0.1) is 6.61 Å². The van der Waals surface area contributed by atoms with Crippen LogP contribution < -0.4 is 11.4 Å². The first-order chi connectivity index (χ1) is 9.87. The number of thioether (sulfide) groups is 1. The van der Waals surface area contributed by atoms with E-state index in [1.807, 2.05) is 13.8 Å². The van der Waals surface area contributed by atoms with Crippen LogP contribution in [0, 0.1) is 0 Å². The summed E-state index contributed by atoms with van der Waals surface area (Å²) in [4.78, 5) is 23.6. The number of H-pyrrole nitrogens is 1. The maximum atomic E-state index is 11.9. The molecular weight excluding hydrogens is 292 g/mol. The van der Waals surface area contributed by atoms with E-state index in [1.54, 1.807) is 11.5 Å². The Balaban J connectivity index is 2.07. The van der Waals surface area contributed by atoms with E-state index in [0.29, 0.717) is 24.6 Å². The number of hydrogen-bond acceptors (Lipinski definition) is 6. The Hall–Kier alpha value is -1.28. The molecule has 2 atom stereocenters. The summed E-state index contributed by atoms with van der Waals surface area (Å²) in [6.45, 7) is 5.97. The molecule has 0 aromatic carbocycles. The molecule has 1 aromatic rings. The van der Waals surface area contributed by atoms with Crippen LogP contribution in [0.1, 0.15) is 46.1 Å². The van der Waals surface area contributed by atoms with Crippen molar-refractivity contribution >= 4 is 17.7 Å². The molecule has 0 radical (unpaired) electrons. The zero-order chi connectivity index (χ0) is 15.6. The number of nitrogens with two attached hydrogens (primary N) is 1. The monoisotopic (exact) mass is 314 g/mol. The molecule has 1 aromatic heterocycles. The van der Waals surface area contributed by atoms with Crippen molar-refractivity contribution in [1.82, 2.24) is 14.8 Å². The fourth-order valence-corrected chi connectivity index (χ4v) is 3.99. The molecule has 2 rings (SSSR count). The summed E-state index contributed by atoms with van der Waals surface area (Å²) in [5.74, 6) is -0.337. The standard InChI is InChI=1S/C13H22N4O3S/c1-4-20-10(18)13(14)6-5-9(7-13)21-12-16-15-11(19)17(12)8(2)3/h8-9H,4-7,14H2,1-3H3,(H,15,19). The van der Waals surface area contributed by atoms with Crippen molar-refractivity contribution in [3.63, 3.8) is 0 Å². The molecule has 1 fully saturated rings. The molecule has 0 bridgehead atoms.